The first-order valence-corrected chi connectivity index (χ1v) is 27.3. The Morgan fingerprint density at radius 2 is 1.21 bits per heavy atom. The first-order valence-electron chi connectivity index (χ1n) is 27.3. The zero-order valence-corrected chi connectivity index (χ0v) is 43.5. The van der Waals surface area contributed by atoms with E-state index in [9.17, 15) is 71.5 Å². The maximum Gasteiger partial charge on any atom is 0.187 e. The minimum absolute atomic E-state index is 0.00226. The molecule has 5 saturated heterocycles. The maximum atomic E-state index is 11.9. The molecule has 0 bridgehead atoms. The van der Waals surface area contributed by atoms with Gasteiger partial charge in [-0.1, -0.05) is 27.7 Å². The van der Waals surface area contributed by atoms with E-state index in [1.807, 2.05) is 6.92 Å². The summed E-state index contributed by atoms with van der Waals surface area (Å²) >= 11 is 0. The van der Waals surface area contributed by atoms with Crippen LogP contribution in [0.15, 0.2) is 0 Å². The molecule has 0 amide bonds. The fourth-order valence-electron chi connectivity index (χ4n) is 15.7. The Bertz CT molecular complexity index is 1870. The van der Waals surface area contributed by atoms with Crippen molar-refractivity contribution in [3.63, 3.8) is 0 Å². The van der Waals surface area contributed by atoms with E-state index in [4.69, 9.17) is 47.4 Å². The maximum absolute atomic E-state index is 11.9. The molecule has 32 atom stereocenters. The second-order valence-corrected chi connectivity index (χ2v) is 24.1. The Morgan fingerprint density at radius 1 is 0.600 bits per heavy atom. The highest BCUT2D eigenvalue weighted by molar-refractivity contribution is 5.16. The van der Waals surface area contributed by atoms with Crippen molar-refractivity contribution < 1.29 is 119 Å². The Kier molecular flexibility index (Phi) is 18.1. The van der Waals surface area contributed by atoms with Crippen molar-refractivity contribution >= 4 is 0 Å². The van der Waals surface area contributed by atoms with E-state index in [0.717, 1.165) is 32.1 Å². The topological polar surface area (TPSA) is 376 Å². The van der Waals surface area contributed by atoms with E-state index in [-0.39, 0.29) is 47.2 Å². The summed E-state index contributed by atoms with van der Waals surface area (Å²) in [6.07, 6.45) is -24.7. The van der Waals surface area contributed by atoms with Gasteiger partial charge in [-0.3, -0.25) is 0 Å². The Labute approximate surface area is 436 Å². The van der Waals surface area contributed by atoms with Crippen molar-refractivity contribution in [2.24, 2.45) is 52.3 Å². The van der Waals surface area contributed by atoms with Crippen LogP contribution in [-0.2, 0) is 47.4 Å². The third-order valence-corrected chi connectivity index (χ3v) is 20.0. The van der Waals surface area contributed by atoms with Crippen LogP contribution in [0.1, 0.15) is 85.5 Å². The molecule has 0 radical (unpaired) electrons. The van der Waals surface area contributed by atoms with Crippen LogP contribution in [0, 0.1) is 52.3 Å². The van der Waals surface area contributed by atoms with Crippen molar-refractivity contribution in [2.45, 2.75) is 226 Å². The first kappa shape index (κ1) is 58.7. The van der Waals surface area contributed by atoms with Crippen molar-refractivity contribution in [3.8, 4) is 0 Å². The van der Waals surface area contributed by atoms with Crippen molar-refractivity contribution in [2.75, 3.05) is 40.1 Å². The molecule has 24 nitrogen and oxygen atoms in total. The molecule has 434 valence electrons. The highest BCUT2D eigenvalue weighted by Crippen LogP contribution is 2.71. The number of fused-ring (bicyclic) bond motifs is 7. The van der Waals surface area contributed by atoms with Crippen LogP contribution >= 0.6 is 0 Å². The van der Waals surface area contributed by atoms with Gasteiger partial charge in [-0.15, -0.1) is 0 Å². The van der Waals surface area contributed by atoms with E-state index in [0.29, 0.717) is 43.4 Å². The zero-order chi connectivity index (χ0) is 54.2. The van der Waals surface area contributed by atoms with Crippen molar-refractivity contribution in [1.29, 1.82) is 0 Å². The molecule has 5 aliphatic heterocycles. The summed E-state index contributed by atoms with van der Waals surface area (Å²) in [6.45, 7) is 6.62. The number of methoxy groups -OCH3 is 1. The SMILES string of the molecule is COC1(CCC(C)COC2OC(CO)C(O)C(O)C2O)OC2CC3C4CCC5CC(OC6OC(CO)C(OC7OC(CO)C(O)C(O)C7OC7OCC(O)C(O)C7O)C(O)C6O)C(O)CC5(C)C4CCC3(C)C2C1C. The highest BCUT2D eigenvalue weighted by atomic mass is 16.8. The van der Waals surface area contributed by atoms with Gasteiger partial charge in [0.25, 0.3) is 0 Å². The van der Waals surface area contributed by atoms with Gasteiger partial charge >= 0.3 is 0 Å². The average molecular weight is 1080 g/mol. The van der Waals surface area contributed by atoms with Crippen LogP contribution in [0.2, 0.25) is 0 Å². The number of hydrogen-bond donors (Lipinski definition) is 14. The second kappa shape index (κ2) is 23.1. The lowest BCUT2D eigenvalue weighted by atomic mass is 9.44. The Morgan fingerprint density at radius 3 is 1.89 bits per heavy atom. The zero-order valence-electron chi connectivity index (χ0n) is 43.5. The molecule has 14 N–H and O–H groups in total. The van der Waals surface area contributed by atoms with Gasteiger partial charge in [0, 0.05) is 19.4 Å². The van der Waals surface area contributed by atoms with Gasteiger partial charge in [-0.25, -0.2) is 0 Å². The quantitative estimate of drug-likeness (QED) is 0.0662. The van der Waals surface area contributed by atoms with Crippen LogP contribution in [0.3, 0.4) is 0 Å². The molecule has 4 aliphatic carbocycles. The highest BCUT2D eigenvalue weighted by Gasteiger charge is 2.69. The summed E-state index contributed by atoms with van der Waals surface area (Å²) in [5, 5.41) is 148. The molecule has 0 aromatic carbocycles. The largest absolute Gasteiger partial charge is 0.394 e. The number of rotatable bonds is 16. The minimum atomic E-state index is -1.85. The molecule has 9 aliphatic rings. The number of aliphatic hydroxyl groups excluding tert-OH is 14. The lowest BCUT2D eigenvalue weighted by molar-refractivity contribution is -0.386. The molecule has 0 spiro atoms. The summed E-state index contributed by atoms with van der Waals surface area (Å²) in [7, 11) is 1.70. The van der Waals surface area contributed by atoms with Crippen molar-refractivity contribution in [3.05, 3.63) is 0 Å². The van der Waals surface area contributed by atoms with Crippen LogP contribution in [0.5, 0.6) is 0 Å². The third-order valence-electron chi connectivity index (χ3n) is 20.0. The molecular weight excluding hydrogens is 997 g/mol. The first-order chi connectivity index (χ1) is 35.6. The molecular formula is C51H86O24. The van der Waals surface area contributed by atoms with E-state index < -0.39 is 161 Å². The van der Waals surface area contributed by atoms with Crippen molar-refractivity contribution in [1.82, 2.24) is 0 Å². The fraction of sp³-hybridized carbons (Fsp3) is 1.00. The van der Waals surface area contributed by atoms with Crippen LogP contribution in [0.4, 0.5) is 0 Å². The van der Waals surface area contributed by atoms with E-state index in [1.54, 1.807) is 7.11 Å². The molecule has 75 heavy (non-hydrogen) atoms. The predicted molar refractivity (Wildman–Crippen MR) is 252 cm³/mol. The summed E-state index contributed by atoms with van der Waals surface area (Å²) in [5.41, 5.74) is -0.236. The van der Waals surface area contributed by atoms with Gasteiger partial charge in [0.2, 0.25) is 0 Å². The van der Waals surface area contributed by atoms with Gasteiger partial charge < -0.3 is 119 Å². The average Bonchev–Trinajstić information content (AvgIpc) is 3.85. The Hall–Kier alpha value is -0.960. The van der Waals surface area contributed by atoms with E-state index in [2.05, 4.69) is 20.8 Å². The standard InChI is InChI=1S/C51H86O24/c1-20(18-67-45-41(64)37(60)35(58)30(15-52)70-45)8-11-51(66-5)21(2)33-29(75-51)13-25-23-7-6-22-12-28(26(55)14-50(22,4)24(23)9-10-49(25,33)3)69-47-42(65)39(62)43(32(17-54)72-47)73-48-44(38(61)36(59)31(16-53)71-48)74-46-40(63)34(57)27(56)19-68-46/h20-48,52-65H,6-19H2,1-5H3. The fourth-order valence-corrected chi connectivity index (χ4v) is 15.7. The number of hydrogen-bond acceptors (Lipinski definition) is 24. The monoisotopic (exact) mass is 1080 g/mol. The van der Waals surface area contributed by atoms with Gasteiger partial charge in [0.05, 0.1) is 51.3 Å². The van der Waals surface area contributed by atoms with E-state index in [1.165, 1.54) is 0 Å². The summed E-state index contributed by atoms with van der Waals surface area (Å²) in [5.74, 6) is 0.811. The molecule has 5 heterocycles. The van der Waals surface area contributed by atoms with Crippen LogP contribution < -0.4 is 0 Å². The number of ether oxygens (including phenoxy) is 10. The molecule has 9 fully saturated rings. The molecule has 0 aromatic heterocycles. The van der Waals surface area contributed by atoms with Crippen LogP contribution in [0.25, 0.3) is 0 Å². The normalized spacial score (nSPS) is 55.4. The smallest absolute Gasteiger partial charge is 0.187 e. The molecule has 24 heteroatoms. The Balaban J connectivity index is 0.801. The molecule has 4 saturated carbocycles. The molecule has 9 rings (SSSR count). The third kappa shape index (κ3) is 10.5. The van der Waals surface area contributed by atoms with Gasteiger partial charge in [0.15, 0.2) is 30.9 Å². The minimum Gasteiger partial charge on any atom is -0.394 e. The van der Waals surface area contributed by atoms with Gasteiger partial charge in [0.1, 0.15) is 91.6 Å². The predicted octanol–water partition coefficient (Wildman–Crippen LogP) is -3.69. The van der Waals surface area contributed by atoms with Gasteiger partial charge in [-0.05, 0) is 97.7 Å². The van der Waals surface area contributed by atoms with E-state index >= 15 is 0 Å². The molecule has 0 aromatic rings. The summed E-state index contributed by atoms with van der Waals surface area (Å²) < 4.78 is 59.9. The van der Waals surface area contributed by atoms with Crippen LogP contribution in [-0.4, -0.2) is 252 Å². The lowest BCUT2D eigenvalue weighted by Crippen LogP contribution is -2.66. The second-order valence-electron chi connectivity index (χ2n) is 24.1. The summed E-state index contributed by atoms with van der Waals surface area (Å²) in [4.78, 5) is 0. The molecule has 32 unspecified atom stereocenters. The lowest BCUT2D eigenvalue weighted by Gasteiger charge is -2.62. The number of aliphatic hydroxyl groups is 14. The van der Waals surface area contributed by atoms with Gasteiger partial charge in [-0.2, -0.15) is 0 Å². The summed E-state index contributed by atoms with van der Waals surface area (Å²) in [6, 6.07) is 0.